The summed E-state index contributed by atoms with van der Waals surface area (Å²) in [6.07, 6.45) is 8.78. The van der Waals surface area contributed by atoms with Gasteiger partial charge in [0.2, 0.25) is 11.8 Å². The molecule has 0 aromatic heterocycles. The minimum atomic E-state index is -0.620. The van der Waals surface area contributed by atoms with E-state index < -0.39 is 5.41 Å². The van der Waals surface area contributed by atoms with Crippen molar-refractivity contribution in [3.8, 4) is 5.75 Å². The van der Waals surface area contributed by atoms with E-state index in [1.165, 1.54) is 19.3 Å². The number of hydrogen-bond donors (Lipinski definition) is 1. The van der Waals surface area contributed by atoms with E-state index in [1.54, 1.807) is 11.0 Å². The Kier molecular flexibility index (Phi) is 4.49. The molecule has 5 aliphatic rings. The Morgan fingerprint density at radius 3 is 2.43 bits per heavy atom. The molecule has 4 aliphatic carbocycles. The normalized spacial score (nSPS) is 33.5. The number of ether oxygens (including phenoxy) is 1. The molecule has 0 unspecified atom stereocenters. The Labute approximate surface area is 178 Å². The molecule has 5 heteroatoms. The van der Waals surface area contributed by atoms with Crippen LogP contribution in [0, 0.1) is 28.6 Å². The Hall–Kier alpha value is -2.30. The van der Waals surface area contributed by atoms with E-state index >= 15 is 0 Å². The maximum Gasteiger partial charge on any atom is 0.236 e. The van der Waals surface area contributed by atoms with Gasteiger partial charge in [0.25, 0.3) is 0 Å². The Morgan fingerprint density at radius 1 is 1.20 bits per heavy atom. The smallest absolute Gasteiger partial charge is 0.236 e. The lowest BCUT2D eigenvalue weighted by atomic mass is 9.49. The molecule has 0 spiro atoms. The lowest BCUT2D eigenvalue weighted by Crippen LogP contribution is -2.51. The summed E-state index contributed by atoms with van der Waals surface area (Å²) in [6.45, 7) is 8.34. The van der Waals surface area contributed by atoms with Gasteiger partial charge in [-0.3, -0.25) is 9.59 Å². The first kappa shape index (κ1) is 19.7. The molecule has 1 heterocycles. The van der Waals surface area contributed by atoms with Gasteiger partial charge in [-0.1, -0.05) is 6.08 Å². The number of fused-ring (bicyclic) bond motifs is 1. The van der Waals surface area contributed by atoms with E-state index in [-0.39, 0.29) is 17.2 Å². The summed E-state index contributed by atoms with van der Waals surface area (Å²) in [7, 11) is 0. The highest BCUT2D eigenvalue weighted by Gasteiger charge is 2.54. The minimum absolute atomic E-state index is 0.00529. The molecule has 4 saturated carbocycles. The summed E-state index contributed by atoms with van der Waals surface area (Å²) in [5.74, 6) is 3.02. The van der Waals surface area contributed by atoms with Crippen LogP contribution in [0.3, 0.4) is 0 Å². The second kappa shape index (κ2) is 6.86. The third kappa shape index (κ3) is 3.14. The highest BCUT2D eigenvalue weighted by molar-refractivity contribution is 6.01. The highest BCUT2D eigenvalue weighted by Crippen LogP contribution is 2.60. The molecular formula is C25H32N2O3. The van der Waals surface area contributed by atoms with Gasteiger partial charge in [0.15, 0.2) is 0 Å². The first-order valence-corrected chi connectivity index (χ1v) is 11.3. The maximum atomic E-state index is 13.4. The maximum absolute atomic E-state index is 13.4. The molecule has 0 radical (unpaired) electrons. The van der Waals surface area contributed by atoms with Gasteiger partial charge in [0, 0.05) is 12.2 Å². The highest BCUT2D eigenvalue weighted by atomic mass is 16.5. The third-order valence-electron chi connectivity index (χ3n) is 7.75. The van der Waals surface area contributed by atoms with Crippen molar-refractivity contribution >= 4 is 23.2 Å². The van der Waals surface area contributed by atoms with Crippen LogP contribution in [0.4, 0.5) is 11.4 Å². The number of anilines is 2. The predicted octanol–water partition coefficient (Wildman–Crippen LogP) is 4.78. The molecule has 0 saturated heterocycles. The van der Waals surface area contributed by atoms with Crippen molar-refractivity contribution in [1.82, 2.24) is 0 Å². The molecule has 1 N–H and O–H groups in total. The van der Waals surface area contributed by atoms with Crippen molar-refractivity contribution in [3.63, 3.8) is 0 Å². The average molecular weight is 409 g/mol. The fourth-order valence-corrected chi connectivity index (χ4v) is 6.69. The number of rotatable bonds is 4. The van der Waals surface area contributed by atoms with Crippen LogP contribution < -0.4 is 15.0 Å². The number of hydrogen-bond acceptors (Lipinski definition) is 3. The first-order valence-electron chi connectivity index (χ1n) is 11.3. The number of carbonyl (C=O) groups excluding carboxylic acids is 2. The molecule has 4 fully saturated rings. The summed E-state index contributed by atoms with van der Waals surface area (Å²) in [6, 6.07) is 5.65. The molecule has 2 amide bonds. The van der Waals surface area contributed by atoms with Gasteiger partial charge in [-0.25, -0.2) is 0 Å². The summed E-state index contributed by atoms with van der Waals surface area (Å²) in [5, 5.41) is 3.21. The monoisotopic (exact) mass is 408 g/mol. The molecule has 1 aromatic rings. The molecule has 160 valence electrons. The van der Waals surface area contributed by atoms with Gasteiger partial charge in [-0.05, 0) is 88.3 Å². The van der Waals surface area contributed by atoms with Crippen molar-refractivity contribution in [1.29, 1.82) is 0 Å². The number of nitrogens with one attached hydrogen (secondary N) is 1. The number of amides is 2. The van der Waals surface area contributed by atoms with Crippen LogP contribution in [-0.4, -0.2) is 25.0 Å². The van der Waals surface area contributed by atoms with E-state index in [4.69, 9.17) is 4.74 Å². The van der Waals surface area contributed by atoms with Crippen LogP contribution in [-0.2, 0) is 9.59 Å². The topological polar surface area (TPSA) is 58.6 Å². The molecule has 1 aromatic carbocycles. The third-order valence-corrected chi connectivity index (χ3v) is 7.75. The van der Waals surface area contributed by atoms with E-state index in [0.29, 0.717) is 24.6 Å². The van der Waals surface area contributed by atoms with Crippen LogP contribution in [0.2, 0.25) is 0 Å². The fraction of sp³-hybridized carbons (Fsp3) is 0.600. The predicted molar refractivity (Wildman–Crippen MR) is 118 cm³/mol. The van der Waals surface area contributed by atoms with E-state index in [0.717, 1.165) is 42.7 Å². The van der Waals surface area contributed by atoms with Gasteiger partial charge in [-0.2, -0.15) is 0 Å². The quantitative estimate of drug-likeness (QED) is 0.730. The molecule has 5 nitrogen and oxygen atoms in total. The first-order chi connectivity index (χ1) is 14.3. The lowest BCUT2D eigenvalue weighted by molar-refractivity contribution is -0.140. The van der Waals surface area contributed by atoms with Gasteiger partial charge in [-0.15, -0.1) is 6.58 Å². The van der Waals surface area contributed by atoms with Crippen molar-refractivity contribution in [2.75, 3.05) is 23.4 Å². The SMILES string of the molecule is C=CCN1C(=O)C(C)(C)COc2ccc(NC(=O)C34CC5CC(CC(C5)C3)C4)cc21. The number of carbonyl (C=O) groups is 2. The van der Waals surface area contributed by atoms with E-state index in [9.17, 15) is 9.59 Å². The largest absolute Gasteiger partial charge is 0.490 e. The van der Waals surface area contributed by atoms with Gasteiger partial charge in [0.1, 0.15) is 12.4 Å². The van der Waals surface area contributed by atoms with Crippen LogP contribution in [0.1, 0.15) is 52.4 Å². The summed E-state index contributed by atoms with van der Waals surface area (Å²) >= 11 is 0. The molecule has 6 rings (SSSR count). The Bertz CT molecular complexity index is 868. The van der Waals surface area contributed by atoms with E-state index in [2.05, 4.69) is 11.9 Å². The standard InChI is InChI=1S/C25H32N2O3/c1-4-7-27-20-11-19(5-6-21(20)30-15-24(2,3)23(27)29)26-22(28)25-12-16-8-17(13-25)10-18(9-16)14-25/h4-6,11,16-18H,1,7-10,12-15H2,2-3H3,(H,26,28). The zero-order chi connectivity index (χ0) is 21.1. The Balaban J connectivity index is 1.42. The fourth-order valence-electron chi connectivity index (χ4n) is 6.69. The van der Waals surface area contributed by atoms with Crippen molar-refractivity contribution in [2.24, 2.45) is 28.6 Å². The molecule has 0 atom stereocenters. The Morgan fingerprint density at radius 2 is 1.83 bits per heavy atom. The molecular weight excluding hydrogens is 376 g/mol. The molecule has 1 aliphatic heterocycles. The minimum Gasteiger partial charge on any atom is -0.490 e. The van der Waals surface area contributed by atoms with E-state index in [1.807, 2.05) is 32.0 Å². The van der Waals surface area contributed by atoms with Crippen LogP contribution in [0.5, 0.6) is 5.75 Å². The summed E-state index contributed by atoms with van der Waals surface area (Å²) < 4.78 is 5.96. The van der Waals surface area contributed by atoms with Crippen LogP contribution >= 0.6 is 0 Å². The van der Waals surface area contributed by atoms with Crippen LogP contribution in [0.25, 0.3) is 0 Å². The second-order valence-electron chi connectivity index (χ2n) is 10.7. The second-order valence-corrected chi connectivity index (χ2v) is 10.7. The molecule has 4 bridgehead atoms. The zero-order valence-corrected chi connectivity index (χ0v) is 18.1. The van der Waals surface area contributed by atoms with Crippen LogP contribution in [0.15, 0.2) is 30.9 Å². The van der Waals surface area contributed by atoms with Crippen molar-refractivity contribution in [3.05, 3.63) is 30.9 Å². The van der Waals surface area contributed by atoms with Gasteiger partial charge >= 0.3 is 0 Å². The van der Waals surface area contributed by atoms with Crippen molar-refractivity contribution < 1.29 is 14.3 Å². The zero-order valence-electron chi connectivity index (χ0n) is 18.1. The molecule has 30 heavy (non-hydrogen) atoms. The van der Waals surface area contributed by atoms with Crippen molar-refractivity contribution in [2.45, 2.75) is 52.4 Å². The van der Waals surface area contributed by atoms with Gasteiger partial charge in [0.05, 0.1) is 16.5 Å². The van der Waals surface area contributed by atoms with Gasteiger partial charge < -0.3 is 15.0 Å². The summed E-state index contributed by atoms with van der Waals surface area (Å²) in [5.41, 5.74) is 0.620. The lowest BCUT2D eigenvalue weighted by Gasteiger charge is -2.55. The number of nitrogens with zero attached hydrogens (tertiary/aromatic N) is 1. The number of benzene rings is 1. The average Bonchev–Trinajstić information content (AvgIpc) is 2.77. The summed E-state index contributed by atoms with van der Waals surface area (Å²) in [4.78, 5) is 28.2.